The smallest absolute Gasteiger partial charge is 0.269 e. The number of amides is 2. The molecule has 5 rings (SSSR count). The van der Waals surface area contributed by atoms with Gasteiger partial charge in [0.2, 0.25) is 11.8 Å². The Bertz CT molecular complexity index is 1530. The Morgan fingerprint density at radius 1 is 1.10 bits per heavy atom. The number of carbonyl (C=O) groups excluding carboxylic acids is 2. The maximum Gasteiger partial charge on any atom is 0.269 e. The lowest BCUT2D eigenvalue weighted by molar-refractivity contribution is -0.384. The zero-order valence-corrected chi connectivity index (χ0v) is 22.8. The van der Waals surface area contributed by atoms with Crippen molar-refractivity contribution in [2.45, 2.75) is 25.4 Å². The van der Waals surface area contributed by atoms with Crippen molar-refractivity contribution in [2.24, 2.45) is 11.8 Å². The van der Waals surface area contributed by atoms with Crippen LogP contribution in [0.2, 0.25) is 0 Å². The average Bonchev–Trinajstić information content (AvgIpc) is 3.23. The quantitative estimate of drug-likeness (QED) is 0.143. The Hall–Kier alpha value is -4.76. The standard InChI is InChI=1S/C32H32N4O5/c1-3-27-30(32(38)34(31(27)37)21-24-12-8-11-22-9-4-6-13-28(22)24)35(20-19-23-10-5-7-14-29(23)41-2)33-25-15-17-26(18-16-25)36(39)40/h3-9,11-18,23,27,30,33H,1,10,19-21H2,2H3. The van der Waals surface area contributed by atoms with Gasteiger partial charge in [0, 0.05) is 30.3 Å². The number of nitro benzene ring substituents is 1. The molecular formula is C32H32N4O5. The van der Waals surface area contributed by atoms with Gasteiger partial charge in [-0.3, -0.25) is 24.6 Å². The number of nitrogens with zero attached hydrogens (tertiary/aromatic N) is 3. The molecule has 0 bridgehead atoms. The number of non-ortho nitro benzene ring substituents is 1. The van der Waals surface area contributed by atoms with Crippen molar-refractivity contribution in [3.8, 4) is 0 Å². The molecule has 0 saturated carbocycles. The summed E-state index contributed by atoms with van der Waals surface area (Å²) in [7, 11) is 1.64. The lowest BCUT2D eigenvalue weighted by Gasteiger charge is -2.32. The van der Waals surface area contributed by atoms with E-state index in [1.807, 2.05) is 54.6 Å². The zero-order valence-electron chi connectivity index (χ0n) is 22.8. The average molecular weight is 553 g/mol. The molecule has 9 heteroatoms. The third kappa shape index (κ3) is 5.76. The number of likely N-dealkylation sites (tertiary alicyclic amines) is 1. The molecule has 41 heavy (non-hydrogen) atoms. The second-order valence-electron chi connectivity index (χ2n) is 10.1. The molecule has 1 N–H and O–H groups in total. The highest BCUT2D eigenvalue weighted by molar-refractivity contribution is 6.08. The summed E-state index contributed by atoms with van der Waals surface area (Å²) in [6.45, 7) is 4.45. The number of allylic oxidation sites excluding steroid dienone is 4. The molecule has 3 aromatic carbocycles. The molecule has 9 nitrogen and oxygen atoms in total. The van der Waals surface area contributed by atoms with Crippen molar-refractivity contribution in [3.63, 3.8) is 0 Å². The second-order valence-corrected chi connectivity index (χ2v) is 10.1. The molecule has 0 aromatic heterocycles. The van der Waals surface area contributed by atoms with Gasteiger partial charge in [-0.1, -0.05) is 60.7 Å². The van der Waals surface area contributed by atoms with Gasteiger partial charge in [0.15, 0.2) is 0 Å². The van der Waals surface area contributed by atoms with Crippen LogP contribution < -0.4 is 5.43 Å². The molecule has 2 amide bonds. The van der Waals surface area contributed by atoms with Gasteiger partial charge in [0.1, 0.15) is 6.04 Å². The fraction of sp³-hybridized carbons (Fsp3) is 0.250. The fourth-order valence-corrected chi connectivity index (χ4v) is 5.59. The third-order valence-electron chi connectivity index (χ3n) is 7.73. The largest absolute Gasteiger partial charge is 0.501 e. The van der Waals surface area contributed by atoms with Crippen LogP contribution in [0, 0.1) is 22.0 Å². The molecule has 3 atom stereocenters. The first-order valence-corrected chi connectivity index (χ1v) is 13.5. The van der Waals surface area contributed by atoms with E-state index in [9.17, 15) is 19.7 Å². The highest BCUT2D eigenvalue weighted by atomic mass is 16.6. The Kier molecular flexibility index (Phi) is 8.26. The lowest BCUT2D eigenvalue weighted by atomic mass is 9.94. The topological polar surface area (TPSA) is 105 Å². The fourth-order valence-electron chi connectivity index (χ4n) is 5.59. The minimum absolute atomic E-state index is 0.0386. The highest BCUT2D eigenvalue weighted by Gasteiger charge is 2.49. The van der Waals surface area contributed by atoms with Gasteiger partial charge < -0.3 is 10.2 Å². The number of hydrogen-bond donors (Lipinski definition) is 1. The van der Waals surface area contributed by atoms with E-state index in [1.54, 1.807) is 24.3 Å². The van der Waals surface area contributed by atoms with Crippen LogP contribution in [0.3, 0.4) is 0 Å². The molecule has 1 aliphatic carbocycles. The van der Waals surface area contributed by atoms with Gasteiger partial charge in [0.05, 0.1) is 30.3 Å². The number of imide groups is 1. The van der Waals surface area contributed by atoms with Gasteiger partial charge >= 0.3 is 0 Å². The zero-order chi connectivity index (χ0) is 28.9. The van der Waals surface area contributed by atoms with E-state index in [2.05, 4.69) is 18.1 Å². The van der Waals surface area contributed by atoms with Crippen LogP contribution in [0.15, 0.2) is 103 Å². The van der Waals surface area contributed by atoms with Crippen LogP contribution in [-0.2, 0) is 20.9 Å². The van der Waals surface area contributed by atoms with Crippen LogP contribution in [0.25, 0.3) is 10.8 Å². The predicted octanol–water partition coefficient (Wildman–Crippen LogP) is 5.61. The summed E-state index contributed by atoms with van der Waals surface area (Å²) in [4.78, 5) is 39.7. The summed E-state index contributed by atoms with van der Waals surface area (Å²) < 4.78 is 5.58. The summed E-state index contributed by atoms with van der Waals surface area (Å²) in [6, 6.07) is 18.9. The Balaban J connectivity index is 1.44. The number of ether oxygens (including phenoxy) is 1. The summed E-state index contributed by atoms with van der Waals surface area (Å²) in [6.07, 6.45) is 8.94. The number of nitrogens with one attached hydrogen (secondary N) is 1. The molecule has 1 aliphatic heterocycles. The van der Waals surface area contributed by atoms with Crippen molar-refractivity contribution >= 4 is 34.0 Å². The molecule has 0 radical (unpaired) electrons. The van der Waals surface area contributed by atoms with Gasteiger partial charge in [-0.25, -0.2) is 5.01 Å². The highest BCUT2D eigenvalue weighted by Crippen LogP contribution is 2.32. The summed E-state index contributed by atoms with van der Waals surface area (Å²) in [5.41, 5.74) is 4.68. The Morgan fingerprint density at radius 3 is 2.59 bits per heavy atom. The second kappa shape index (κ2) is 12.2. The summed E-state index contributed by atoms with van der Waals surface area (Å²) in [5.74, 6) is -0.446. The van der Waals surface area contributed by atoms with Crippen molar-refractivity contribution < 1.29 is 19.2 Å². The number of carbonyl (C=O) groups is 2. The predicted molar refractivity (Wildman–Crippen MR) is 157 cm³/mol. The number of hydrazine groups is 1. The van der Waals surface area contributed by atoms with E-state index in [-0.39, 0.29) is 30.0 Å². The first-order valence-electron chi connectivity index (χ1n) is 13.5. The number of hydrogen-bond acceptors (Lipinski definition) is 7. The van der Waals surface area contributed by atoms with Gasteiger partial charge in [0.25, 0.3) is 5.69 Å². The van der Waals surface area contributed by atoms with Gasteiger partial charge in [-0.2, -0.15) is 0 Å². The normalized spacial score (nSPS) is 20.4. The first-order chi connectivity index (χ1) is 19.9. The van der Waals surface area contributed by atoms with Crippen molar-refractivity contribution in [3.05, 3.63) is 119 Å². The first kappa shape index (κ1) is 27.8. The number of benzene rings is 3. The third-order valence-corrected chi connectivity index (χ3v) is 7.73. The number of fused-ring (bicyclic) bond motifs is 1. The van der Waals surface area contributed by atoms with E-state index in [4.69, 9.17) is 4.74 Å². The number of methoxy groups -OCH3 is 1. The monoisotopic (exact) mass is 552 g/mol. The Labute approximate surface area is 238 Å². The van der Waals surface area contributed by atoms with E-state index < -0.39 is 16.9 Å². The Morgan fingerprint density at radius 2 is 1.85 bits per heavy atom. The maximum atomic E-state index is 14.0. The van der Waals surface area contributed by atoms with Crippen LogP contribution in [0.5, 0.6) is 0 Å². The van der Waals surface area contributed by atoms with Crippen molar-refractivity contribution in [1.29, 1.82) is 0 Å². The van der Waals surface area contributed by atoms with Gasteiger partial charge in [-0.05, 0) is 47.4 Å². The number of rotatable bonds is 11. The van der Waals surface area contributed by atoms with Crippen LogP contribution in [0.4, 0.5) is 11.4 Å². The molecule has 2 aliphatic rings. The summed E-state index contributed by atoms with van der Waals surface area (Å²) in [5, 5.41) is 14.9. The van der Waals surface area contributed by atoms with E-state index in [0.717, 1.165) is 28.5 Å². The minimum atomic E-state index is -0.848. The minimum Gasteiger partial charge on any atom is -0.501 e. The summed E-state index contributed by atoms with van der Waals surface area (Å²) >= 11 is 0. The van der Waals surface area contributed by atoms with E-state index in [0.29, 0.717) is 18.7 Å². The molecule has 210 valence electrons. The molecule has 3 unspecified atom stereocenters. The number of anilines is 1. The molecule has 0 spiro atoms. The SMILES string of the molecule is C=CC1C(=O)N(Cc2cccc3ccccc23)C(=O)C1N(CCC1CC=CC=C1OC)Nc1ccc([N+](=O)[O-])cc1. The molecule has 1 saturated heterocycles. The molecule has 1 fully saturated rings. The number of nitro groups is 1. The van der Waals surface area contributed by atoms with Crippen LogP contribution in [0.1, 0.15) is 18.4 Å². The molecule has 1 heterocycles. The van der Waals surface area contributed by atoms with E-state index >= 15 is 0 Å². The van der Waals surface area contributed by atoms with Crippen molar-refractivity contribution in [1.82, 2.24) is 9.91 Å². The van der Waals surface area contributed by atoms with Gasteiger partial charge in [-0.15, -0.1) is 6.58 Å². The molecule has 3 aromatic rings. The maximum absolute atomic E-state index is 14.0. The van der Waals surface area contributed by atoms with Crippen LogP contribution in [-0.4, -0.2) is 46.3 Å². The lowest BCUT2D eigenvalue weighted by Crippen LogP contribution is -2.48. The van der Waals surface area contributed by atoms with Crippen molar-refractivity contribution in [2.75, 3.05) is 19.1 Å². The molecular weight excluding hydrogens is 520 g/mol. The van der Waals surface area contributed by atoms with E-state index in [1.165, 1.54) is 23.1 Å². The van der Waals surface area contributed by atoms with Crippen LogP contribution >= 0.6 is 0 Å².